The first-order valence-electron chi connectivity index (χ1n) is 11.2. The van der Waals surface area contributed by atoms with Gasteiger partial charge in [-0.1, -0.05) is 48.2 Å². The van der Waals surface area contributed by atoms with Crippen molar-refractivity contribution in [2.24, 2.45) is 7.05 Å². The molecule has 0 saturated heterocycles. The van der Waals surface area contributed by atoms with E-state index in [-0.39, 0.29) is 22.9 Å². The van der Waals surface area contributed by atoms with E-state index >= 15 is 0 Å². The third-order valence-corrected chi connectivity index (χ3v) is 7.84. The standard InChI is InChI=1S/C25H24N6O2S2/c1-4-30-23(19-14-34-20-13-9-8-12-18(19)20)27-28-25(30)35-15-21(32)26-22-16(2)29(3)31(24(22)33)17-10-6-5-7-11-17/h5-14H,4,15H2,1-3H3,(H,26,32). The molecule has 178 valence electrons. The van der Waals surface area contributed by atoms with E-state index in [9.17, 15) is 9.59 Å². The Morgan fingerprint density at radius 1 is 1.09 bits per heavy atom. The molecule has 0 bridgehead atoms. The summed E-state index contributed by atoms with van der Waals surface area (Å²) in [5, 5.41) is 15.5. The highest BCUT2D eigenvalue weighted by molar-refractivity contribution is 7.99. The Morgan fingerprint density at radius 2 is 1.83 bits per heavy atom. The zero-order valence-corrected chi connectivity index (χ0v) is 21.2. The zero-order valence-electron chi connectivity index (χ0n) is 19.6. The molecule has 1 N–H and O–H groups in total. The van der Waals surface area contributed by atoms with Gasteiger partial charge in [0.15, 0.2) is 11.0 Å². The zero-order chi connectivity index (χ0) is 24.5. The summed E-state index contributed by atoms with van der Waals surface area (Å²) in [4.78, 5) is 25.9. The van der Waals surface area contributed by atoms with Crippen LogP contribution in [0, 0.1) is 6.92 Å². The monoisotopic (exact) mass is 504 g/mol. The Hall–Kier alpha value is -3.63. The van der Waals surface area contributed by atoms with Gasteiger partial charge in [0.25, 0.3) is 5.56 Å². The van der Waals surface area contributed by atoms with Crippen molar-refractivity contribution in [1.82, 2.24) is 24.1 Å². The number of hydrogen-bond donors (Lipinski definition) is 1. The molecule has 0 atom stereocenters. The number of rotatable bonds is 7. The Kier molecular flexibility index (Phi) is 6.31. The number of anilines is 1. The molecule has 3 heterocycles. The third kappa shape index (κ3) is 4.19. The van der Waals surface area contributed by atoms with Gasteiger partial charge in [0, 0.05) is 34.6 Å². The van der Waals surface area contributed by atoms with Gasteiger partial charge in [-0.3, -0.25) is 14.3 Å². The highest BCUT2D eigenvalue weighted by Crippen LogP contribution is 2.34. The first-order chi connectivity index (χ1) is 17.0. The fraction of sp³-hybridized carbons (Fsp3) is 0.200. The van der Waals surface area contributed by atoms with Gasteiger partial charge in [-0.05, 0) is 32.0 Å². The van der Waals surface area contributed by atoms with Crippen LogP contribution in [-0.2, 0) is 18.4 Å². The number of carbonyl (C=O) groups is 1. The molecular formula is C25H24N6O2S2. The van der Waals surface area contributed by atoms with E-state index in [0.717, 1.165) is 22.5 Å². The Morgan fingerprint density at radius 3 is 2.60 bits per heavy atom. The SMILES string of the molecule is CCn1c(SCC(=O)Nc2c(C)n(C)n(-c3ccccc3)c2=O)nnc1-c1csc2ccccc12. The maximum absolute atomic E-state index is 13.1. The fourth-order valence-electron chi connectivity index (χ4n) is 4.05. The molecule has 0 fully saturated rings. The summed E-state index contributed by atoms with van der Waals surface area (Å²) in [6.45, 7) is 4.52. The number of para-hydroxylation sites is 1. The number of carbonyl (C=O) groups excluding carboxylic acids is 1. The predicted molar refractivity (Wildman–Crippen MR) is 142 cm³/mol. The van der Waals surface area contributed by atoms with Crippen molar-refractivity contribution >= 4 is 44.8 Å². The summed E-state index contributed by atoms with van der Waals surface area (Å²) in [6, 6.07) is 17.6. The van der Waals surface area contributed by atoms with Gasteiger partial charge >= 0.3 is 0 Å². The van der Waals surface area contributed by atoms with Gasteiger partial charge < -0.3 is 9.88 Å². The van der Waals surface area contributed by atoms with Crippen LogP contribution in [0.4, 0.5) is 5.69 Å². The highest BCUT2D eigenvalue weighted by Gasteiger charge is 2.20. The van der Waals surface area contributed by atoms with Crippen LogP contribution < -0.4 is 10.9 Å². The van der Waals surface area contributed by atoms with Crippen LogP contribution in [0.1, 0.15) is 12.6 Å². The average Bonchev–Trinajstić information content (AvgIpc) is 3.54. The minimum absolute atomic E-state index is 0.113. The fourth-order valence-corrected chi connectivity index (χ4v) is 5.79. The summed E-state index contributed by atoms with van der Waals surface area (Å²) < 4.78 is 6.50. The van der Waals surface area contributed by atoms with Crippen molar-refractivity contribution in [3.63, 3.8) is 0 Å². The van der Waals surface area contributed by atoms with Gasteiger partial charge in [0.05, 0.1) is 17.1 Å². The maximum Gasteiger partial charge on any atom is 0.295 e. The number of nitrogens with zero attached hydrogens (tertiary/aromatic N) is 5. The third-order valence-electron chi connectivity index (χ3n) is 5.91. The number of thioether (sulfide) groups is 1. The van der Waals surface area contributed by atoms with Crippen molar-refractivity contribution < 1.29 is 4.79 Å². The Labute approximate surface area is 210 Å². The van der Waals surface area contributed by atoms with Crippen LogP contribution in [-0.4, -0.2) is 35.8 Å². The molecule has 0 aliphatic carbocycles. The van der Waals surface area contributed by atoms with E-state index in [1.54, 1.807) is 27.7 Å². The molecule has 2 aromatic carbocycles. The molecule has 10 heteroatoms. The summed E-state index contributed by atoms with van der Waals surface area (Å²) in [6.07, 6.45) is 0. The number of nitrogens with one attached hydrogen (secondary N) is 1. The number of fused-ring (bicyclic) bond motifs is 1. The van der Waals surface area contributed by atoms with Crippen molar-refractivity contribution in [2.75, 3.05) is 11.1 Å². The van der Waals surface area contributed by atoms with Gasteiger partial charge in [-0.2, -0.15) is 0 Å². The lowest BCUT2D eigenvalue weighted by atomic mass is 10.1. The molecule has 0 unspecified atom stereocenters. The summed E-state index contributed by atoms with van der Waals surface area (Å²) in [7, 11) is 1.80. The van der Waals surface area contributed by atoms with E-state index < -0.39 is 0 Å². The van der Waals surface area contributed by atoms with Crippen LogP contribution in [0.2, 0.25) is 0 Å². The van der Waals surface area contributed by atoms with Crippen molar-refractivity contribution in [2.45, 2.75) is 25.5 Å². The van der Waals surface area contributed by atoms with Crippen molar-refractivity contribution in [1.29, 1.82) is 0 Å². The second-order valence-corrected chi connectivity index (χ2v) is 9.82. The number of benzene rings is 2. The van der Waals surface area contributed by atoms with Crippen LogP contribution in [0.15, 0.2) is 69.9 Å². The average molecular weight is 505 g/mol. The normalized spacial score (nSPS) is 11.3. The Bertz CT molecular complexity index is 1580. The van der Waals surface area contributed by atoms with E-state index in [0.29, 0.717) is 17.4 Å². The molecule has 0 aliphatic rings. The van der Waals surface area contributed by atoms with E-state index in [4.69, 9.17) is 0 Å². The second-order valence-electron chi connectivity index (χ2n) is 7.97. The number of aromatic nitrogens is 5. The van der Waals surface area contributed by atoms with Gasteiger partial charge in [0.1, 0.15) is 5.69 Å². The lowest BCUT2D eigenvalue weighted by Gasteiger charge is -2.07. The lowest BCUT2D eigenvalue weighted by Crippen LogP contribution is -2.23. The molecule has 8 nitrogen and oxygen atoms in total. The van der Waals surface area contributed by atoms with Gasteiger partial charge in [0.2, 0.25) is 5.91 Å². The topological polar surface area (TPSA) is 86.7 Å². The first-order valence-corrected chi connectivity index (χ1v) is 13.0. The lowest BCUT2D eigenvalue weighted by molar-refractivity contribution is -0.113. The first kappa shape index (κ1) is 23.1. The molecule has 35 heavy (non-hydrogen) atoms. The minimum atomic E-state index is -0.269. The van der Waals surface area contributed by atoms with Crippen LogP contribution >= 0.6 is 23.1 Å². The smallest absolute Gasteiger partial charge is 0.295 e. The van der Waals surface area contributed by atoms with Gasteiger partial charge in [-0.25, -0.2) is 4.68 Å². The van der Waals surface area contributed by atoms with Crippen LogP contribution in [0.3, 0.4) is 0 Å². The molecule has 0 saturated carbocycles. The highest BCUT2D eigenvalue weighted by atomic mass is 32.2. The molecule has 5 rings (SSSR count). The summed E-state index contributed by atoms with van der Waals surface area (Å²) >= 11 is 2.98. The molecular weight excluding hydrogens is 480 g/mol. The van der Waals surface area contributed by atoms with Crippen molar-refractivity contribution in [3.8, 4) is 17.1 Å². The quantitative estimate of drug-likeness (QED) is 0.325. The molecule has 5 aromatic rings. The summed E-state index contributed by atoms with van der Waals surface area (Å²) in [5.74, 6) is 0.633. The van der Waals surface area contributed by atoms with Crippen LogP contribution in [0.5, 0.6) is 0 Å². The molecule has 3 aromatic heterocycles. The predicted octanol–water partition coefficient (Wildman–Crippen LogP) is 4.71. The van der Waals surface area contributed by atoms with Crippen LogP contribution in [0.25, 0.3) is 27.2 Å². The Balaban J connectivity index is 1.34. The number of hydrogen-bond acceptors (Lipinski definition) is 6. The molecule has 0 aliphatic heterocycles. The molecule has 0 radical (unpaired) electrons. The largest absolute Gasteiger partial charge is 0.319 e. The van der Waals surface area contributed by atoms with E-state index in [1.165, 1.54) is 16.5 Å². The minimum Gasteiger partial charge on any atom is -0.319 e. The molecule has 1 amide bonds. The molecule has 0 spiro atoms. The number of thiophene rings is 1. The van der Waals surface area contributed by atoms with Crippen molar-refractivity contribution in [3.05, 3.63) is 76.0 Å². The van der Waals surface area contributed by atoms with E-state index in [1.807, 2.05) is 60.9 Å². The maximum atomic E-state index is 13.1. The van der Waals surface area contributed by atoms with E-state index in [2.05, 4.69) is 33.0 Å². The summed E-state index contributed by atoms with van der Waals surface area (Å²) in [5.41, 5.74) is 2.47. The van der Waals surface area contributed by atoms with Gasteiger partial charge in [-0.15, -0.1) is 21.5 Å². The second kappa shape index (κ2) is 9.55. The number of amides is 1.